The van der Waals surface area contributed by atoms with E-state index in [0.29, 0.717) is 6.67 Å². The van der Waals surface area contributed by atoms with Crippen LogP contribution < -0.4 is 0 Å². The van der Waals surface area contributed by atoms with Crippen molar-refractivity contribution in [2.45, 2.75) is 20.5 Å². The lowest BCUT2D eigenvalue weighted by atomic mass is 10.3. The minimum absolute atomic E-state index is 0.0529. The van der Waals surface area contributed by atoms with Gasteiger partial charge in [0, 0.05) is 14.0 Å². The van der Waals surface area contributed by atoms with E-state index in [4.69, 9.17) is 0 Å². The summed E-state index contributed by atoms with van der Waals surface area (Å²) in [6.07, 6.45) is 0. The maximum Gasteiger partial charge on any atom is 0.220 e. The van der Waals surface area contributed by atoms with Crippen molar-refractivity contribution in [2.75, 3.05) is 7.05 Å². The van der Waals surface area contributed by atoms with Crippen LogP contribution in [-0.2, 0) is 11.5 Å². The van der Waals surface area contributed by atoms with Gasteiger partial charge in [-0.2, -0.15) is 0 Å². The van der Waals surface area contributed by atoms with E-state index in [1.54, 1.807) is 18.9 Å². The molecule has 0 radical (unpaired) electrons. The normalized spacial score (nSPS) is 10.7. The van der Waals surface area contributed by atoms with E-state index in [0.717, 1.165) is 16.9 Å². The molecular weight excluding hydrogens is 202 g/mol. The van der Waals surface area contributed by atoms with Gasteiger partial charge in [-0.15, -0.1) is 0 Å². The molecule has 0 fully saturated rings. The van der Waals surface area contributed by atoms with E-state index in [9.17, 15) is 4.79 Å². The molecule has 0 spiro atoms. The molecule has 1 aromatic heterocycles. The second-order valence-electron chi connectivity index (χ2n) is 3.93. The molecule has 2 aromatic rings. The van der Waals surface area contributed by atoms with Crippen LogP contribution in [0.1, 0.15) is 12.7 Å². The average Bonchev–Trinajstić information content (AvgIpc) is 2.55. The Morgan fingerprint density at radius 1 is 1.44 bits per heavy atom. The second-order valence-corrected chi connectivity index (χ2v) is 3.93. The Morgan fingerprint density at radius 3 is 2.81 bits per heavy atom. The molecule has 0 aliphatic heterocycles. The highest BCUT2D eigenvalue weighted by Crippen LogP contribution is 2.15. The summed E-state index contributed by atoms with van der Waals surface area (Å²) in [6, 6.07) is 7.94. The van der Waals surface area contributed by atoms with Gasteiger partial charge in [0.25, 0.3) is 0 Å². The predicted molar refractivity (Wildman–Crippen MR) is 62.9 cm³/mol. The van der Waals surface area contributed by atoms with Crippen LogP contribution in [-0.4, -0.2) is 27.4 Å². The van der Waals surface area contributed by atoms with Crippen LogP contribution in [0.4, 0.5) is 0 Å². The predicted octanol–water partition coefficient (Wildman–Crippen LogP) is 1.78. The second kappa shape index (κ2) is 3.96. The number of hydrogen-bond acceptors (Lipinski definition) is 2. The number of carbonyl (C=O) groups excluding carboxylic acids is 1. The molecule has 0 aliphatic carbocycles. The molecule has 1 heterocycles. The zero-order valence-electron chi connectivity index (χ0n) is 9.77. The van der Waals surface area contributed by atoms with Crippen LogP contribution in [0.2, 0.25) is 0 Å². The number of carbonyl (C=O) groups is 1. The van der Waals surface area contributed by atoms with Crippen molar-refractivity contribution >= 4 is 16.9 Å². The number of hydrogen-bond donors (Lipinski definition) is 0. The number of rotatable bonds is 2. The van der Waals surface area contributed by atoms with Gasteiger partial charge in [0.15, 0.2) is 0 Å². The largest absolute Gasteiger partial charge is 0.328 e. The molecule has 1 aromatic carbocycles. The Morgan fingerprint density at radius 2 is 2.12 bits per heavy atom. The molecule has 0 aliphatic rings. The molecule has 4 nitrogen and oxygen atoms in total. The number of imidazole rings is 1. The van der Waals surface area contributed by atoms with Crippen molar-refractivity contribution < 1.29 is 4.79 Å². The third-order valence-corrected chi connectivity index (χ3v) is 2.74. The summed E-state index contributed by atoms with van der Waals surface area (Å²) in [7, 11) is 1.79. The molecule has 1 amide bonds. The van der Waals surface area contributed by atoms with E-state index in [-0.39, 0.29) is 5.91 Å². The monoisotopic (exact) mass is 217 g/mol. The smallest absolute Gasteiger partial charge is 0.220 e. The molecule has 0 saturated carbocycles. The van der Waals surface area contributed by atoms with Gasteiger partial charge in [0.1, 0.15) is 5.82 Å². The van der Waals surface area contributed by atoms with Crippen molar-refractivity contribution in [1.29, 1.82) is 0 Å². The standard InChI is InChI=1S/C12H15N3O/c1-9-13-11-6-4-5-7-12(11)15(9)8-14(3)10(2)16/h4-7H,8H2,1-3H3. The minimum Gasteiger partial charge on any atom is -0.328 e. The van der Waals surface area contributed by atoms with E-state index < -0.39 is 0 Å². The summed E-state index contributed by atoms with van der Waals surface area (Å²) in [5.41, 5.74) is 2.03. The molecule has 0 N–H and O–H groups in total. The molecule has 0 unspecified atom stereocenters. The number of benzene rings is 1. The van der Waals surface area contributed by atoms with Crippen LogP contribution in [0.3, 0.4) is 0 Å². The Kier molecular flexibility index (Phi) is 2.64. The van der Waals surface area contributed by atoms with Gasteiger partial charge < -0.3 is 9.47 Å². The van der Waals surface area contributed by atoms with Gasteiger partial charge in [0.2, 0.25) is 5.91 Å². The van der Waals surface area contributed by atoms with E-state index in [1.165, 1.54) is 0 Å². The number of fused-ring (bicyclic) bond motifs is 1. The average molecular weight is 217 g/mol. The van der Waals surface area contributed by atoms with Crippen LogP contribution in [0, 0.1) is 6.92 Å². The summed E-state index contributed by atoms with van der Waals surface area (Å²) in [6.45, 7) is 4.06. The lowest BCUT2D eigenvalue weighted by Crippen LogP contribution is -2.27. The minimum atomic E-state index is 0.0529. The van der Waals surface area contributed by atoms with Crippen LogP contribution >= 0.6 is 0 Å². The highest BCUT2D eigenvalue weighted by atomic mass is 16.2. The van der Waals surface area contributed by atoms with Gasteiger partial charge in [0.05, 0.1) is 17.7 Å². The van der Waals surface area contributed by atoms with Crippen LogP contribution in [0.5, 0.6) is 0 Å². The zero-order valence-corrected chi connectivity index (χ0v) is 9.77. The Balaban J connectivity index is 2.43. The lowest BCUT2D eigenvalue weighted by Gasteiger charge is -2.17. The van der Waals surface area contributed by atoms with E-state index in [1.807, 2.05) is 35.8 Å². The summed E-state index contributed by atoms with van der Waals surface area (Å²) < 4.78 is 2.04. The molecule has 0 atom stereocenters. The fraction of sp³-hybridized carbons (Fsp3) is 0.333. The molecule has 0 saturated heterocycles. The highest BCUT2D eigenvalue weighted by Gasteiger charge is 2.09. The van der Waals surface area contributed by atoms with Crippen LogP contribution in [0.25, 0.3) is 11.0 Å². The van der Waals surface area contributed by atoms with Crippen molar-refractivity contribution in [3.8, 4) is 0 Å². The molecule has 16 heavy (non-hydrogen) atoms. The first-order valence-electron chi connectivity index (χ1n) is 5.23. The van der Waals surface area contributed by atoms with E-state index >= 15 is 0 Å². The number of aryl methyl sites for hydroxylation is 1. The summed E-state index contributed by atoms with van der Waals surface area (Å²) in [4.78, 5) is 17.3. The summed E-state index contributed by atoms with van der Waals surface area (Å²) in [5.74, 6) is 0.978. The highest BCUT2D eigenvalue weighted by molar-refractivity contribution is 5.76. The van der Waals surface area contributed by atoms with E-state index in [2.05, 4.69) is 4.98 Å². The molecule has 2 rings (SSSR count). The molecular formula is C12H15N3O. The fourth-order valence-corrected chi connectivity index (χ4v) is 1.69. The first-order chi connectivity index (χ1) is 7.59. The Hall–Kier alpha value is -1.84. The Labute approximate surface area is 94.5 Å². The molecule has 0 bridgehead atoms. The SMILES string of the molecule is CC(=O)N(C)Cn1c(C)nc2ccccc21. The van der Waals surface area contributed by atoms with Crippen molar-refractivity contribution in [1.82, 2.24) is 14.5 Å². The lowest BCUT2D eigenvalue weighted by molar-refractivity contribution is -0.128. The van der Waals surface area contributed by atoms with Crippen molar-refractivity contribution in [3.05, 3.63) is 30.1 Å². The molecule has 4 heteroatoms. The fourth-order valence-electron chi connectivity index (χ4n) is 1.69. The number of para-hydroxylation sites is 2. The van der Waals surface area contributed by atoms with Crippen LogP contribution in [0.15, 0.2) is 24.3 Å². The van der Waals surface area contributed by atoms with Gasteiger partial charge >= 0.3 is 0 Å². The van der Waals surface area contributed by atoms with Gasteiger partial charge in [-0.05, 0) is 19.1 Å². The maximum absolute atomic E-state index is 11.2. The van der Waals surface area contributed by atoms with Gasteiger partial charge in [-0.3, -0.25) is 4.79 Å². The first-order valence-corrected chi connectivity index (χ1v) is 5.23. The maximum atomic E-state index is 11.2. The number of nitrogens with zero attached hydrogens (tertiary/aromatic N) is 3. The third kappa shape index (κ3) is 1.78. The number of amides is 1. The zero-order chi connectivity index (χ0) is 11.7. The topological polar surface area (TPSA) is 38.1 Å². The van der Waals surface area contributed by atoms with Crippen molar-refractivity contribution in [2.24, 2.45) is 0 Å². The first kappa shape index (κ1) is 10.7. The van der Waals surface area contributed by atoms with Gasteiger partial charge in [-0.1, -0.05) is 12.1 Å². The summed E-state index contributed by atoms with van der Waals surface area (Å²) in [5, 5.41) is 0. The van der Waals surface area contributed by atoms with Gasteiger partial charge in [-0.25, -0.2) is 4.98 Å². The molecule has 84 valence electrons. The number of aromatic nitrogens is 2. The third-order valence-electron chi connectivity index (χ3n) is 2.74. The Bertz CT molecular complexity index is 530. The quantitative estimate of drug-likeness (QED) is 0.769. The van der Waals surface area contributed by atoms with Crippen molar-refractivity contribution in [3.63, 3.8) is 0 Å². The summed E-state index contributed by atoms with van der Waals surface area (Å²) >= 11 is 0.